The third-order valence-corrected chi connectivity index (χ3v) is 7.35. The van der Waals surface area contributed by atoms with Crippen molar-refractivity contribution in [3.05, 3.63) is 143 Å². The van der Waals surface area contributed by atoms with Gasteiger partial charge >= 0.3 is 0 Å². The summed E-state index contributed by atoms with van der Waals surface area (Å²) in [7, 11) is 0. The summed E-state index contributed by atoms with van der Waals surface area (Å²) in [6, 6.07) is 42.8. The summed E-state index contributed by atoms with van der Waals surface area (Å²) in [6.45, 7) is 2.17. The summed E-state index contributed by atoms with van der Waals surface area (Å²) in [6.07, 6.45) is 0. The summed E-state index contributed by atoms with van der Waals surface area (Å²) in [5, 5.41) is 0. The molecule has 1 spiro atoms. The third kappa shape index (κ3) is 2.07. The monoisotopic (exact) mass is 406 g/mol. The van der Waals surface area contributed by atoms with E-state index in [2.05, 4.69) is 122 Å². The van der Waals surface area contributed by atoms with Gasteiger partial charge in [0.05, 0.1) is 5.41 Å². The van der Waals surface area contributed by atoms with Crippen LogP contribution in [-0.4, -0.2) is 0 Å². The molecule has 0 N–H and O–H groups in total. The lowest BCUT2D eigenvalue weighted by molar-refractivity contribution is 0.794. The van der Waals surface area contributed by atoms with E-state index in [1.165, 1.54) is 61.2 Å². The molecule has 0 atom stereocenters. The van der Waals surface area contributed by atoms with Gasteiger partial charge in [-0.25, -0.2) is 0 Å². The molecule has 0 saturated heterocycles. The topological polar surface area (TPSA) is 0 Å². The molecule has 0 heteroatoms. The van der Waals surface area contributed by atoms with Gasteiger partial charge in [0.1, 0.15) is 0 Å². The van der Waals surface area contributed by atoms with Gasteiger partial charge in [-0.1, -0.05) is 121 Å². The van der Waals surface area contributed by atoms with Crippen molar-refractivity contribution in [1.82, 2.24) is 0 Å². The van der Waals surface area contributed by atoms with Gasteiger partial charge in [-0.3, -0.25) is 0 Å². The van der Waals surface area contributed by atoms with E-state index in [1.807, 2.05) is 0 Å². The van der Waals surface area contributed by atoms with Gasteiger partial charge in [0.15, 0.2) is 0 Å². The Kier molecular flexibility index (Phi) is 3.50. The van der Waals surface area contributed by atoms with Gasteiger partial charge in [0.25, 0.3) is 0 Å². The molecule has 0 amide bonds. The molecule has 0 aromatic heterocycles. The number of fused-ring (bicyclic) bond motifs is 10. The Bertz CT molecular complexity index is 1490. The smallest absolute Gasteiger partial charge is 0.0619 e. The molecule has 5 aromatic rings. The van der Waals surface area contributed by atoms with Crippen molar-refractivity contribution in [1.29, 1.82) is 0 Å². The zero-order valence-electron chi connectivity index (χ0n) is 18.0. The number of hydrogen-bond donors (Lipinski definition) is 0. The van der Waals surface area contributed by atoms with Gasteiger partial charge in [-0.15, -0.1) is 0 Å². The molecule has 7 rings (SSSR count). The maximum atomic E-state index is 2.35. The average Bonchev–Trinajstić information content (AvgIpc) is 3.32. The first kappa shape index (κ1) is 17.7. The van der Waals surface area contributed by atoms with Crippen LogP contribution in [0.25, 0.3) is 33.4 Å². The Hall–Kier alpha value is -3.90. The van der Waals surface area contributed by atoms with Crippen LogP contribution in [0.5, 0.6) is 0 Å². The van der Waals surface area contributed by atoms with Crippen molar-refractivity contribution in [2.45, 2.75) is 12.3 Å². The number of hydrogen-bond acceptors (Lipinski definition) is 0. The fourth-order valence-electron chi connectivity index (χ4n) is 6.20. The van der Waals surface area contributed by atoms with Gasteiger partial charge in [0, 0.05) is 0 Å². The minimum atomic E-state index is -0.265. The molecule has 150 valence electrons. The molecular formula is C32H22. The second-order valence-electron chi connectivity index (χ2n) is 8.98. The first-order chi connectivity index (χ1) is 15.8. The van der Waals surface area contributed by atoms with E-state index in [0.29, 0.717) is 0 Å². The van der Waals surface area contributed by atoms with E-state index in [9.17, 15) is 0 Å². The van der Waals surface area contributed by atoms with Crippen LogP contribution in [0.3, 0.4) is 0 Å². The zero-order chi connectivity index (χ0) is 21.3. The molecule has 0 bridgehead atoms. The van der Waals surface area contributed by atoms with Gasteiger partial charge in [0.2, 0.25) is 0 Å². The minimum Gasteiger partial charge on any atom is -0.0619 e. The lowest BCUT2D eigenvalue weighted by Gasteiger charge is -2.30. The van der Waals surface area contributed by atoms with Crippen LogP contribution in [0.1, 0.15) is 27.8 Å². The van der Waals surface area contributed by atoms with Crippen molar-refractivity contribution in [2.75, 3.05) is 0 Å². The van der Waals surface area contributed by atoms with E-state index in [1.54, 1.807) is 0 Å². The van der Waals surface area contributed by atoms with Gasteiger partial charge in [-0.2, -0.15) is 0 Å². The van der Waals surface area contributed by atoms with Gasteiger partial charge in [-0.05, 0) is 62.6 Å². The molecule has 0 aliphatic heterocycles. The zero-order valence-corrected chi connectivity index (χ0v) is 18.0. The average molecular weight is 407 g/mol. The van der Waals surface area contributed by atoms with Crippen LogP contribution in [-0.2, 0) is 5.41 Å². The minimum absolute atomic E-state index is 0.265. The van der Waals surface area contributed by atoms with Gasteiger partial charge < -0.3 is 0 Å². The first-order valence-corrected chi connectivity index (χ1v) is 11.3. The fraction of sp³-hybridized carbons (Fsp3) is 0.0625. The van der Waals surface area contributed by atoms with Crippen LogP contribution in [0, 0.1) is 6.92 Å². The molecule has 5 aromatic carbocycles. The van der Waals surface area contributed by atoms with Crippen LogP contribution in [0.15, 0.2) is 115 Å². The second-order valence-corrected chi connectivity index (χ2v) is 8.98. The number of rotatable bonds is 1. The van der Waals surface area contributed by atoms with E-state index >= 15 is 0 Å². The summed E-state index contributed by atoms with van der Waals surface area (Å²) in [4.78, 5) is 0. The highest BCUT2D eigenvalue weighted by molar-refractivity contribution is 5.99. The van der Waals surface area contributed by atoms with Crippen molar-refractivity contribution in [2.24, 2.45) is 0 Å². The summed E-state index contributed by atoms with van der Waals surface area (Å²) < 4.78 is 0. The predicted octanol–water partition coefficient (Wildman–Crippen LogP) is 8.01. The fourth-order valence-corrected chi connectivity index (χ4v) is 6.20. The lowest BCUT2D eigenvalue weighted by atomic mass is 9.70. The Morgan fingerprint density at radius 2 is 0.938 bits per heavy atom. The predicted molar refractivity (Wildman–Crippen MR) is 133 cm³/mol. The molecule has 0 fully saturated rings. The summed E-state index contributed by atoms with van der Waals surface area (Å²) >= 11 is 0. The highest BCUT2D eigenvalue weighted by Crippen LogP contribution is 2.63. The van der Waals surface area contributed by atoms with E-state index in [-0.39, 0.29) is 5.41 Å². The third-order valence-electron chi connectivity index (χ3n) is 7.35. The number of benzene rings is 5. The Morgan fingerprint density at radius 1 is 0.438 bits per heavy atom. The standard InChI is InChI=1S/C32H22/c1-21-10-8-11-22(20-21)23-15-9-19-30-31(23)26-14-4-7-18-29(26)32(30)27-16-5-2-12-24(27)25-13-3-6-17-28(25)32/h2-20H,1H3. The van der Waals surface area contributed by atoms with Crippen LogP contribution in [0.4, 0.5) is 0 Å². The maximum absolute atomic E-state index is 2.35. The summed E-state index contributed by atoms with van der Waals surface area (Å²) in [5.41, 5.74) is 14.7. The van der Waals surface area contributed by atoms with Crippen LogP contribution in [0.2, 0.25) is 0 Å². The van der Waals surface area contributed by atoms with Crippen LogP contribution < -0.4 is 0 Å². The Labute approximate surface area is 188 Å². The molecule has 32 heavy (non-hydrogen) atoms. The van der Waals surface area contributed by atoms with E-state index in [0.717, 1.165) is 0 Å². The molecule has 2 aliphatic carbocycles. The van der Waals surface area contributed by atoms with E-state index in [4.69, 9.17) is 0 Å². The quantitative estimate of drug-likeness (QED) is 0.259. The molecule has 0 heterocycles. The van der Waals surface area contributed by atoms with Crippen molar-refractivity contribution in [3.63, 3.8) is 0 Å². The molecule has 2 aliphatic rings. The maximum Gasteiger partial charge on any atom is 0.0725 e. The molecule has 0 saturated carbocycles. The Morgan fingerprint density at radius 3 is 1.59 bits per heavy atom. The number of aryl methyl sites for hydroxylation is 1. The molecule has 0 radical (unpaired) electrons. The molecule has 0 unspecified atom stereocenters. The molecule has 0 nitrogen and oxygen atoms in total. The SMILES string of the molecule is Cc1cccc(-c2cccc3c2-c2ccccc2C32c3ccccc3-c3ccccc32)c1. The normalized spacial score (nSPS) is 14.0. The largest absolute Gasteiger partial charge is 0.0725 e. The summed E-state index contributed by atoms with van der Waals surface area (Å²) in [5.74, 6) is 0. The lowest BCUT2D eigenvalue weighted by Crippen LogP contribution is -2.25. The first-order valence-electron chi connectivity index (χ1n) is 11.3. The van der Waals surface area contributed by atoms with Crippen molar-refractivity contribution < 1.29 is 0 Å². The molecular weight excluding hydrogens is 384 g/mol. The second kappa shape index (κ2) is 6.31. The van der Waals surface area contributed by atoms with Crippen molar-refractivity contribution in [3.8, 4) is 33.4 Å². The van der Waals surface area contributed by atoms with E-state index < -0.39 is 0 Å². The highest BCUT2D eigenvalue weighted by Gasteiger charge is 2.51. The highest BCUT2D eigenvalue weighted by atomic mass is 14.5. The van der Waals surface area contributed by atoms with Crippen LogP contribution >= 0.6 is 0 Å². The van der Waals surface area contributed by atoms with Crippen molar-refractivity contribution >= 4 is 0 Å². The Balaban J connectivity index is 1.67.